The number of likely N-dealkylation sites (tertiary alicyclic amines) is 1. The predicted molar refractivity (Wildman–Crippen MR) is 110 cm³/mol. The minimum atomic E-state index is -0.0300. The number of amides is 2. The van der Waals surface area contributed by atoms with Gasteiger partial charge in [0, 0.05) is 42.5 Å². The van der Waals surface area contributed by atoms with E-state index in [2.05, 4.69) is 15.3 Å². The second kappa shape index (κ2) is 9.49. The van der Waals surface area contributed by atoms with E-state index in [1.54, 1.807) is 0 Å². The van der Waals surface area contributed by atoms with Crippen molar-refractivity contribution in [2.45, 2.75) is 39.5 Å². The van der Waals surface area contributed by atoms with E-state index in [1.807, 2.05) is 56.0 Å². The number of para-hydroxylation sites is 1. The number of nitrogens with zero attached hydrogens (tertiary/aromatic N) is 3. The van der Waals surface area contributed by atoms with Crippen LogP contribution in [0.5, 0.6) is 5.75 Å². The Labute approximate surface area is 171 Å². The molecule has 1 aliphatic heterocycles. The van der Waals surface area contributed by atoms with Crippen molar-refractivity contribution >= 4 is 11.8 Å². The third-order valence-corrected chi connectivity index (χ3v) is 5.16. The zero-order valence-corrected chi connectivity index (χ0v) is 17.3. The van der Waals surface area contributed by atoms with Crippen LogP contribution in [0.1, 0.15) is 42.0 Å². The van der Waals surface area contributed by atoms with Crippen LogP contribution in [0.3, 0.4) is 0 Å². The summed E-state index contributed by atoms with van der Waals surface area (Å²) in [6.45, 7) is 7.62. The van der Waals surface area contributed by atoms with Crippen molar-refractivity contribution in [2.75, 3.05) is 26.2 Å². The van der Waals surface area contributed by atoms with Crippen LogP contribution >= 0.6 is 0 Å². The zero-order valence-electron chi connectivity index (χ0n) is 17.3. The second-order valence-electron chi connectivity index (χ2n) is 7.29. The van der Waals surface area contributed by atoms with E-state index in [4.69, 9.17) is 4.74 Å². The lowest BCUT2D eigenvalue weighted by Crippen LogP contribution is -2.33. The Bertz CT molecular complexity index is 847. The number of ether oxygens (including phenoxy) is 1. The Morgan fingerprint density at radius 3 is 2.52 bits per heavy atom. The Morgan fingerprint density at radius 2 is 1.86 bits per heavy atom. The fourth-order valence-electron chi connectivity index (χ4n) is 3.57. The number of aromatic nitrogens is 2. The molecule has 0 saturated carbocycles. The molecular weight excluding hydrogens is 368 g/mol. The highest BCUT2D eigenvalue weighted by molar-refractivity contribution is 5.79. The van der Waals surface area contributed by atoms with Crippen LogP contribution in [-0.4, -0.2) is 52.9 Å². The molecule has 1 saturated heterocycles. The molecule has 3 rings (SSSR count). The summed E-state index contributed by atoms with van der Waals surface area (Å²) in [6.07, 6.45) is 1.11. The molecule has 0 spiro atoms. The SMILES string of the molecule is CCNC(=O)Cc1c(C)nc([C@@H]2CCN(C(=O)COc3ccccc3)C2)nc1C. The highest BCUT2D eigenvalue weighted by Crippen LogP contribution is 2.26. The molecule has 1 aliphatic rings. The third-order valence-electron chi connectivity index (χ3n) is 5.16. The van der Waals surface area contributed by atoms with Crippen molar-refractivity contribution in [3.8, 4) is 5.75 Å². The lowest BCUT2D eigenvalue weighted by molar-refractivity contribution is -0.132. The average molecular weight is 396 g/mol. The topological polar surface area (TPSA) is 84.4 Å². The first kappa shape index (κ1) is 20.8. The molecule has 1 aromatic heterocycles. The van der Waals surface area contributed by atoms with Gasteiger partial charge in [0.15, 0.2) is 6.61 Å². The van der Waals surface area contributed by atoms with Gasteiger partial charge in [0.2, 0.25) is 5.91 Å². The van der Waals surface area contributed by atoms with Crippen molar-refractivity contribution in [1.82, 2.24) is 20.2 Å². The number of rotatable bonds is 7. The van der Waals surface area contributed by atoms with Gasteiger partial charge in [-0.2, -0.15) is 0 Å². The molecule has 0 radical (unpaired) electrons. The highest BCUT2D eigenvalue weighted by Gasteiger charge is 2.30. The number of likely N-dealkylation sites (N-methyl/N-ethyl adjacent to an activating group) is 1. The smallest absolute Gasteiger partial charge is 0.260 e. The molecule has 154 valence electrons. The van der Waals surface area contributed by atoms with Crippen molar-refractivity contribution in [3.05, 3.63) is 53.1 Å². The van der Waals surface area contributed by atoms with Crippen LogP contribution in [0.15, 0.2) is 30.3 Å². The summed E-state index contributed by atoms with van der Waals surface area (Å²) in [5.74, 6) is 1.49. The summed E-state index contributed by atoms with van der Waals surface area (Å²) >= 11 is 0. The molecule has 2 aromatic rings. The van der Waals surface area contributed by atoms with Crippen LogP contribution in [0, 0.1) is 13.8 Å². The molecule has 2 amide bonds. The van der Waals surface area contributed by atoms with Gasteiger partial charge >= 0.3 is 0 Å². The van der Waals surface area contributed by atoms with E-state index in [0.29, 0.717) is 25.4 Å². The molecule has 0 unspecified atom stereocenters. The molecule has 1 atom stereocenters. The number of hydrogen-bond acceptors (Lipinski definition) is 5. The van der Waals surface area contributed by atoms with Gasteiger partial charge in [-0.3, -0.25) is 9.59 Å². The standard InChI is InChI=1S/C22H28N4O3/c1-4-23-20(27)12-19-15(2)24-22(25-16(19)3)17-10-11-26(13-17)21(28)14-29-18-8-6-5-7-9-18/h5-9,17H,4,10-14H2,1-3H3,(H,23,27)/t17-/m1/s1. The third kappa shape index (κ3) is 5.31. The number of aryl methyl sites for hydroxylation is 2. The maximum Gasteiger partial charge on any atom is 0.260 e. The largest absolute Gasteiger partial charge is 0.484 e. The van der Waals surface area contributed by atoms with Gasteiger partial charge in [0.25, 0.3) is 5.91 Å². The summed E-state index contributed by atoms with van der Waals surface area (Å²) in [5.41, 5.74) is 2.54. The Hall–Kier alpha value is -2.96. The summed E-state index contributed by atoms with van der Waals surface area (Å²) in [4.78, 5) is 35.5. The molecule has 1 fully saturated rings. The zero-order chi connectivity index (χ0) is 20.8. The van der Waals surface area contributed by atoms with E-state index in [1.165, 1.54) is 0 Å². The van der Waals surface area contributed by atoms with Crippen LogP contribution in [0.2, 0.25) is 0 Å². The lowest BCUT2D eigenvalue weighted by atomic mass is 10.0. The number of hydrogen-bond donors (Lipinski definition) is 1. The van der Waals surface area contributed by atoms with Crippen molar-refractivity contribution in [2.24, 2.45) is 0 Å². The summed E-state index contributed by atoms with van der Waals surface area (Å²) in [5, 5.41) is 2.81. The normalized spacial score (nSPS) is 16.0. The number of benzene rings is 1. The van der Waals surface area contributed by atoms with E-state index in [0.717, 1.165) is 29.2 Å². The molecule has 7 nitrogen and oxygen atoms in total. The molecule has 1 N–H and O–H groups in total. The molecule has 7 heteroatoms. The van der Waals surface area contributed by atoms with Crippen molar-refractivity contribution < 1.29 is 14.3 Å². The molecule has 0 aliphatic carbocycles. The fourth-order valence-corrected chi connectivity index (χ4v) is 3.57. The Morgan fingerprint density at radius 1 is 1.17 bits per heavy atom. The first-order valence-electron chi connectivity index (χ1n) is 10.0. The summed E-state index contributed by atoms with van der Waals surface area (Å²) in [6, 6.07) is 9.33. The van der Waals surface area contributed by atoms with Crippen LogP contribution in [-0.2, 0) is 16.0 Å². The number of carbonyl (C=O) groups is 2. The van der Waals surface area contributed by atoms with Crippen LogP contribution in [0.25, 0.3) is 0 Å². The van der Waals surface area contributed by atoms with Gasteiger partial charge in [-0.1, -0.05) is 18.2 Å². The van der Waals surface area contributed by atoms with Gasteiger partial charge in [-0.05, 0) is 39.3 Å². The molecule has 29 heavy (non-hydrogen) atoms. The number of nitrogens with one attached hydrogen (secondary N) is 1. The quantitative estimate of drug-likeness (QED) is 0.775. The number of carbonyl (C=O) groups excluding carboxylic acids is 2. The highest BCUT2D eigenvalue weighted by atomic mass is 16.5. The Kier molecular flexibility index (Phi) is 6.80. The first-order valence-corrected chi connectivity index (χ1v) is 10.0. The van der Waals surface area contributed by atoms with Crippen LogP contribution < -0.4 is 10.1 Å². The predicted octanol–water partition coefficient (Wildman–Crippen LogP) is 2.17. The molecule has 2 heterocycles. The maximum atomic E-state index is 12.5. The molecular formula is C22H28N4O3. The minimum absolute atomic E-state index is 0.0221. The van der Waals surface area contributed by atoms with E-state index < -0.39 is 0 Å². The van der Waals surface area contributed by atoms with E-state index in [9.17, 15) is 9.59 Å². The summed E-state index contributed by atoms with van der Waals surface area (Å²) in [7, 11) is 0. The van der Waals surface area contributed by atoms with E-state index in [-0.39, 0.29) is 30.8 Å². The van der Waals surface area contributed by atoms with Gasteiger partial charge in [-0.25, -0.2) is 9.97 Å². The average Bonchev–Trinajstić information content (AvgIpc) is 3.20. The molecule has 1 aromatic carbocycles. The van der Waals surface area contributed by atoms with Gasteiger partial charge < -0.3 is 15.0 Å². The van der Waals surface area contributed by atoms with E-state index >= 15 is 0 Å². The maximum absolute atomic E-state index is 12.5. The van der Waals surface area contributed by atoms with Gasteiger partial charge in [0.05, 0.1) is 6.42 Å². The second-order valence-corrected chi connectivity index (χ2v) is 7.29. The van der Waals surface area contributed by atoms with Gasteiger partial charge in [-0.15, -0.1) is 0 Å². The van der Waals surface area contributed by atoms with Crippen molar-refractivity contribution in [1.29, 1.82) is 0 Å². The summed E-state index contributed by atoms with van der Waals surface area (Å²) < 4.78 is 5.57. The first-order chi connectivity index (χ1) is 14.0. The lowest BCUT2D eigenvalue weighted by Gasteiger charge is -2.17. The molecule has 0 bridgehead atoms. The van der Waals surface area contributed by atoms with Gasteiger partial charge in [0.1, 0.15) is 11.6 Å². The fraction of sp³-hybridized carbons (Fsp3) is 0.455. The van der Waals surface area contributed by atoms with Crippen molar-refractivity contribution in [3.63, 3.8) is 0 Å². The monoisotopic (exact) mass is 396 g/mol. The van der Waals surface area contributed by atoms with Crippen LogP contribution in [0.4, 0.5) is 0 Å². The Balaban J connectivity index is 1.60. The minimum Gasteiger partial charge on any atom is -0.484 e.